The van der Waals surface area contributed by atoms with Crippen LogP contribution in [0.25, 0.3) is 10.8 Å². The maximum atomic E-state index is 12.5. The summed E-state index contributed by atoms with van der Waals surface area (Å²) in [6, 6.07) is 14.9. The van der Waals surface area contributed by atoms with E-state index in [1.165, 1.54) is 31.1 Å². The molecule has 0 radical (unpaired) electrons. The molecule has 4 rings (SSSR count). The Kier molecular flexibility index (Phi) is 4.42. The average Bonchev–Trinajstić information content (AvgIpc) is 3.50. The maximum Gasteiger partial charge on any atom is 0.222 e. The van der Waals surface area contributed by atoms with Gasteiger partial charge in [-0.2, -0.15) is 0 Å². The van der Waals surface area contributed by atoms with Gasteiger partial charge in [0.1, 0.15) is 5.75 Å². The Balaban J connectivity index is 1.28. The molecule has 0 bridgehead atoms. The minimum atomic E-state index is 0.325. The first-order valence-electron chi connectivity index (χ1n) is 9.21. The van der Waals surface area contributed by atoms with Crippen molar-refractivity contribution in [1.82, 2.24) is 4.90 Å². The van der Waals surface area contributed by atoms with Crippen molar-refractivity contribution < 1.29 is 9.53 Å². The second-order valence-corrected chi connectivity index (χ2v) is 7.15. The van der Waals surface area contributed by atoms with Crippen molar-refractivity contribution in [2.24, 2.45) is 5.92 Å². The Morgan fingerprint density at radius 1 is 1.04 bits per heavy atom. The molecule has 0 saturated heterocycles. The highest BCUT2D eigenvalue weighted by Crippen LogP contribution is 2.35. The van der Waals surface area contributed by atoms with Crippen LogP contribution in [-0.2, 0) is 4.79 Å². The summed E-state index contributed by atoms with van der Waals surface area (Å²) in [5, 5.41) is 2.33. The number of carbonyl (C=O) groups is 1. The molecule has 0 aromatic heterocycles. The van der Waals surface area contributed by atoms with Gasteiger partial charge in [0.2, 0.25) is 5.91 Å². The monoisotopic (exact) mass is 323 g/mol. The van der Waals surface area contributed by atoms with Crippen LogP contribution in [0.4, 0.5) is 0 Å². The molecule has 1 amide bonds. The fourth-order valence-corrected chi connectivity index (χ4v) is 3.29. The molecule has 2 saturated carbocycles. The van der Waals surface area contributed by atoms with Gasteiger partial charge in [-0.05, 0) is 49.5 Å². The molecule has 2 fully saturated rings. The Morgan fingerprint density at radius 2 is 1.83 bits per heavy atom. The summed E-state index contributed by atoms with van der Waals surface area (Å²) >= 11 is 0. The lowest BCUT2D eigenvalue weighted by molar-refractivity contribution is -0.132. The van der Waals surface area contributed by atoms with Crippen LogP contribution in [-0.4, -0.2) is 30.0 Å². The summed E-state index contributed by atoms with van der Waals surface area (Å²) in [6.07, 6.45) is 6.40. The van der Waals surface area contributed by atoms with Gasteiger partial charge in [-0.1, -0.05) is 36.4 Å². The topological polar surface area (TPSA) is 29.5 Å². The van der Waals surface area contributed by atoms with Crippen molar-refractivity contribution >= 4 is 16.7 Å². The van der Waals surface area contributed by atoms with Gasteiger partial charge in [-0.3, -0.25) is 4.79 Å². The summed E-state index contributed by atoms with van der Waals surface area (Å²) in [6.45, 7) is 1.59. The molecule has 0 heterocycles. The van der Waals surface area contributed by atoms with Crippen LogP contribution in [0.3, 0.4) is 0 Å². The van der Waals surface area contributed by atoms with E-state index < -0.39 is 0 Å². The molecule has 0 atom stereocenters. The second kappa shape index (κ2) is 6.84. The Hall–Kier alpha value is -2.03. The van der Waals surface area contributed by atoms with E-state index in [2.05, 4.69) is 23.1 Å². The standard InChI is InChI=1S/C21H25NO2/c23-21(22(18-12-13-18)15-16-10-11-16)9-4-14-24-20-8-3-6-17-5-1-2-7-19(17)20/h1-3,5-8,16,18H,4,9-15H2. The highest BCUT2D eigenvalue weighted by atomic mass is 16.5. The van der Waals surface area contributed by atoms with Gasteiger partial charge in [0.15, 0.2) is 0 Å². The lowest BCUT2D eigenvalue weighted by Crippen LogP contribution is -2.34. The molecule has 3 heteroatoms. The number of amides is 1. The highest BCUT2D eigenvalue weighted by Gasteiger charge is 2.35. The Labute approximate surface area is 143 Å². The third-order valence-corrected chi connectivity index (χ3v) is 5.00. The fourth-order valence-electron chi connectivity index (χ4n) is 3.29. The number of benzene rings is 2. The number of hydrogen-bond donors (Lipinski definition) is 0. The first kappa shape index (κ1) is 15.5. The SMILES string of the molecule is O=C(CCCOc1cccc2ccccc12)N(CC1CC1)C1CC1. The molecule has 0 spiro atoms. The molecular weight excluding hydrogens is 298 g/mol. The first-order valence-corrected chi connectivity index (χ1v) is 9.21. The van der Waals surface area contributed by atoms with Crippen molar-refractivity contribution in [2.45, 2.75) is 44.6 Å². The van der Waals surface area contributed by atoms with E-state index in [1.807, 2.05) is 24.3 Å². The van der Waals surface area contributed by atoms with Crippen molar-refractivity contribution in [1.29, 1.82) is 0 Å². The molecule has 3 nitrogen and oxygen atoms in total. The van der Waals surface area contributed by atoms with E-state index in [0.29, 0.717) is 25.0 Å². The summed E-state index contributed by atoms with van der Waals surface area (Å²) in [4.78, 5) is 14.6. The minimum absolute atomic E-state index is 0.325. The Morgan fingerprint density at radius 3 is 2.62 bits per heavy atom. The smallest absolute Gasteiger partial charge is 0.222 e. The van der Waals surface area contributed by atoms with Crippen molar-refractivity contribution in [3.8, 4) is 5.75 Å². The van der Waals surface area contributed by atoms with Crippen molar-refractivity contribution in [3.63, 3.8) is 0 Å². The van der Waals surface area contributed by atoms with E-state index >= 15 is 0 Å². The molecule has 2 aliphatic rings. The van der Waals surface area contributed by atoms with Gasteiger partial charge in [0, 0.05) is 24.4 Å². The summed E-state index contributed by atoms with van der Waals surface area (Å²) in [7, 11) is 0. The van der Waals surface area contributed by atoms with Gasteiger partial charge < -0.3 is 9.64 Å². The van der Waals surface area contributed by atoms with Crippen LogP contribution < -0.4 is 4.74 Å². The molecule has 0 N–H and O–H groups in total. The number of hydrogen-bond acceptors (Lipinski definition) is 2. The second-order valence-electron chi connectivity index (χ2n) is 7.15. The quantitative estimate of drug-likeness (QED) is 0.674. The van der Waals surface area contributed by atoms with Crippen molar-refractivity contribution in [2.75, 3.05) is 13.2 Å². The number of ether oxygens (including phenoxy) is 1. The highest BCUT2D eigenvalue weighted by molar-refractivity contribution is 5.88. The van der Waals surface area contributed by atoms with Crippen LogP contribution in [0, 0.1) is 5.92 Å². The third kappa shape index (κ3) is 3.72. The van der Waals surface area contributed by atoms with E-state index in [4.69, 9.17) is 4.74 Å². The lowest BCUT2D eigenvalue weighted by atomic mass is 10.1. The van der Waals surface area contributed by atoms with Crippen LogP contribution >= 0.6 is 0 Å². The zero-order chi connectivity index (χ0) is 16.4. The summed E-state index contributed by atoms with van der Waals surface area (Å²) < 4.78 is 5.95. The molecule has 2 aromatic carbocycles. The van der Waals surface area contributed by atoms with Gasteiger partial charge >= 0.3 is 0 Å². The average molecular weight is 323 g/mol. The van der Waals surface area contributed by atoms with Crippen LogP contribution in [0.1, 0.15) is 38.5 Å². The molecular formula is C21H25NO2. The van der Waals surface area contributed by atoms with Crippen LogP contribution in [0.2, 0.25) is 0 Å². The zero-order valence-electron chi connectivity index (χ0n) is 14.1. The number of carbonyl (C=O) groups excluding carboxylic acids is 1. The molecule has 0 aliphatic heterocycles. The third-order valence-electron chi connectivity index (χ3n) is 5.00. The van der Waals surface area contributed by atoms with E-state index in [-0.39, 0.29) is 0 Å². The Bertz CT molecular complexity index is 713. The van der Waals surface area contributed by atoms with Gasteiger partial charge in [0.05, 0.1) is 6.61 Å². The van der Waals surface area contributed by atoms with Crippen LogP contribution in [0.5, 0.6) is 5.75 Å². The summed E-state index contributed by atoms with van der Waals surface area (Å²) in [5.41, 5.74) is 0. The number of rotatable bonds is 8. The predicted molar refractivity (Wildman–Crippen MR) is 96.1 cm³/mol. The fraction of sp³-hybridized carbons (Fsp3) is 0.476. The lowest BCUT2D eigenvalue weighted by Gasteiger charge is -2.22. The normalized spacial score (nSPS) is 17.0. The molecule has 24 heavy (non-hydrogen) atoms. The number of fused-ring (bicyclic) bond motifs is 1. The summed E-state index contributed by atoms with van der Waals surface area (Å²) in [5.74, 6) is 2.02. The van der Waals surface area contributed by atoms with Gasteiger partial charge in [-0.25, -0.2) is 0 Å². The van der Waals surface area contributed by atoms with E-state index in [9.17, 15) is 4.79 Å². The number of nitrogens with zero attached hydrogens (tertiary/aromatic N) is 1. The molecule has 2 aliphatic carbocycles. The minimum Gasteiger partial charge on any atom is -0.493 e. The largest absolute Gasteiger partial charge is 0.493 e. The molecule has 2 aromatic rings. The zero-order valence-corrected chi connectivity index (χ0v) is 14.1. The molecule has 0 unspecified atom stereocenters. The predicted octanol–water partition coefficient (Wildman–Crippen LogP) is 4.40. The van der Waals surface area contributed by atoms with Crippen LogP contribution in [0.15, 0.2) is 42.5 Å². The van der Waals surface area contributed by atoms with E-state index in [1.54, 1.807) is 0 Å². The maximum absolute atomic E-state index is 12.5. The molecule has 126 valence electrons. The van der Waals surface area contributed by atoms with E-state index in [0.717, 1.165) is 30.0 Å². The van der Waals surface area contributed by atoms with Crippen molar-refractivity contribution in [3.05, 3.63) is 42.5 Å². The van der Waals surface area contributed by atoms with Gasteiger partial charge in [-0.15, -0.1) is 0 Å². The first-order chi connectivity index (χ1) is 11.8. The van der Waals surface area contributed by atoms with Gasteiger partial charge in [0.25, 0.3) is 0 Å².